The highest BCUT2D eigenvalue weighted by atomic mass is 32.2. The number of halogens is 3. The molecule has 1 fully saturated rings. The van der Waals surface area contributed by atoms with Crippen LogP contribution in [0.2, 0.25) is 0 Å². The van der Waals surface area contributed by atoms with E-state index >= 15 is 0 Å². The molecule has 5 rings (SSSR count). The Morgan fingerprint density at radius 3 is 2.65 bits per heavy atom. The lowest BCUT2D eigenvalue weighted by Gasteiger charge is -2.24. The first-order chi connectivity index (χ1) is 17.6. The van der Waals surface area contributed by atoms with Crippen LogP contribution in [0.25, 0.3) is 5.69 Å². The molecule has 0 radical (unpaired) electrons. The summed E-state index contributed by atoms with van der Waals surface area (Å²) < 4.78 is 41.6. The van der Waals surface area contributed by atoms with E-state index in [1.165, 1.54) is 18.2 Å². The van der Waals surface area contributed by atoms with Crippen LogP contribution < -0.4 is 10.9 Å². The zero-order valence-corrected chi connectivity index (χ0v) is 22.0. The molecule has 3 aromatic rings. The Labute approximate surface area is 221 Å². The molecule has 1 N–H and O–H groups in total. The standard InChI is InChI=1S/C27H26F3N3O2S2/c1-15-11-12-17(13-16(15)2)33-25(35)23-18-7-3-6-10-21(18)37-24(23)32-26(33)36-14-22(34)31-20-9-5-4-8-19(20)27(28,29)30/h4-5,8-9,11-13,18,21H,3,6-7,10,14H2,1-2H3,(H,31,34)/t18-,21+/m1/s1. The van der Waals surface area contributed by atoms with Gasteiger partial charge in [0.15, 0.2) is 5.16 Å². The number of aromatic nitrogens is 2. The van der Waals surface area contributed by atoms with Crippen LogP contribution >= 0.6 is 23.5 Å². The maximum Gasteiger partial charge on any atom is 0.418 e. The monoisotopic (exact) mass is 545 g/mol. The number of thioether (sulfide) groups is 2. The van der Waals surface area contributed by atoms with Gasteiger partial charge >= 0.3 is 6.18 Å². The number of rotatable bonds is 5. The summed E-state index contributed by atoms with van der Waals surface area (Å²) in [5, 5.41) is 3.78. The largest absolute Gasteiger partial charge is 0.418 e. The Bertz CT molecular complexity index is 1420. The van der Waals surface area contributed by atoms with Gasteiger partial charge in [-0.25, -0.2) is 4.98 Å². The summed E-state index contributed by atoms with van der Waals surface area (Å²) in [6.45, 7) is 3.96. The van der Waals surface area contributed by atoms with Gasteiger partial charge in [-0.3, -0.25) is 14.2 Å². The van der Waals surface area contributed by atoms with Crippen molar-refractivity contribution in [3.05, 3.63) is 75.1 Å². The summed E-state index contributed by atoms with van der Waals surface area (Å²) in [6, 6.07) is 10.6. The summed E-state index contributed by atoms with van der Waals surface area (Å²) in [5.41, 5.74) is 2.20. The van der Waals surface area contributed by atoms with Crippen LogP contribution in [0, 0.1) is 13.8 Å². The van der Waals surface area contributed by atoms with Crippen molar-refractivity contribution in [2.24, 2.45) is 0 Å². The number of carbonyl (C=O) groups excluding carboxylic acids is 1. The molecule has 1 aliphatic heterocycles. The molecule has 37 heavy (non-hydrogen) atoms. The van der Waals surface area contributed by atoms with Crippen LogP contribution in [-0.2, 0) is 11.0 Å². The third-order valence-corrected chi connectivity index (χ3v) is 9.32. The van der Waals surface area contributed by atoms with Gasteiger partial charge in [0.25, 0.3) is 5.56 Å². The van der Waals surface area contributed by atoms with Crippen molar-refractivity contribution in [1.82, 2.24) is 9.55 Å². The minimum Gasteiger partial charge on any atom is -0.325 e. The molecule has 1 amide bonds. The van der Waals surface area contributed by atoms with Crippen LogP contribution in [0.4, 0.5) is 18.9 Å². The number of hydrogen-bond acceptors (Lipinski definition) is 5. The molecule has 0 unspecified atom stereocenters. The zero-order valence-electron chi connectivity index (χ0n) is 20.4. The van der Waals surface area contributed by atoms with E-state index in [0.717, 1.165) is 60.2 Å². The number of nitrogens with one attached hydrogen (secondary N) is 1. The minimum absolute atomic E-state index is 0.125. The molecule has 194 valence electrons. The number of benzene rings is 2. The van der Waals surface area contributed by atoms with Gasteiger partial charge in [-0.05, 0) is 62.1 Å². The number of carbonyl (C=O) groups is 1. The van der Waals surface area contributed by atoms with Crippen LogP contribution in [-0.4, -0.2) is 26.5 Å². The van der Waals surface area contributed by atoms with Crippen molar-refractivity contribution in [2.45, 2.75) is 67.1 Å². The van der Waals surface area contributed by atoms with Crippen molar-refractivity contribution in [3.8, 4) is 5.69 Å². The van der Waals surface area contributed by atoms with Gasteiger partial charge in [0, 0.05) is 11.2 Å². The van der Waals surface area contributed by atoms with Crippen molar-refractivity contribution in [1.29, 1.82) is 0 Å². The second kappa shape index (κ2) is 10.2. The lowest BCUT2D eigenvalue weighted by Crippen LogP contribution is -2.29. The molecule has 1 saturated carbocycles. The molecule has 10 heteroatoms. The van der Waals surface area contributed by atoms with E-state index < -0.39 is 17.6 Å². The predicted octanol–water partition coefficient (Wildman–Crippen LogP) is 6.73. The average Bonchev–Trinajstić information content (AvgIpc) is 3.23. The molecule has 0 spiro atoms. The number of anilines is 1. The van der Waals surface area contributed by atoms with Gasteiger partial charge < -0.3 is 5.32 Å². The SMILES string of the molecule is Cc1ccc(-n2c(SCC(=O)Nc3ccccc3C(F)(F)F)nc3c(c2=O)[C@@H]2CCCC[C@@H]2S3)cc1C. The average molecular weight is 546 g/mol. The maximum absolute atomic E-state index is 13.9. The molecule has 0 saturated heterocycles. The van der Waals surface area contributed by atoms with Gasteiger partial charge in [0.1, 0.15) is 5.03 Å². The van der Waals surface area contributed by atoms with E-state index in [2.05, 4.69) is 5.32 Å². The fourth-order valence-electron chi connectivity index (χ4n) is 4.96. The molecule has 2 aromatic carbocycles. The van der Waals surface area contributed by atoms with Crippen LogP contribution in [0.1, 0.15) is 53.9 Å². The van der Waals surface area contributed by atoms with Crippen LogP contribution in [0.3, 0.4) is 0 Å². The van der Waals surface area contributed by atoms with E-state index in [-0.39, 0.29) is 22.9 Å². The van der Waals surface area contributed by atoms with E-state index in [0.29, 0.717) is 21.1 Å². The molecule has 0 bridgehead atoms. The third kappa shape index (κ3) is 5.18. The van der Waals surface area contributed by atoms with Gasteiger partial charge in [-0.1, -0.05) is 42.8 Å². The Hall–Kier alpha value is -2.72. The van der Waals surface area contributed by atoms with Crippen molar-refractivity contribution in [2.75, 3.05) is 11.1 Å². The van der Waals surface area contributed by atoms with Gasteiger partial charge in [0.2, 0.25) is 5.91 Å². The molecule has 2 aliphatic rings. The highest BCUT2D eigenvalue weighted by Crippen LogP contribution is 2.50. The fourth-order valence-corrected chi connectivity index (χ4v) is 7.34. The Morgan fingerprint density at radius 2 is 1.89 bits per heavy atom. The Morgan fingerprint density at radius 1 is 1.14 bits per heavy atom. The topological polar surface area (TPSA) is 64.0 Å². The van der Waals surface area contributed by atoms with E-state index in [4.69, 9.17) is 4.98 Å². The third-order valence-electron chi connectivity index (χ3n) is 6.98. The molecular weight excluding hydrogens is 519 g/mol. The van der Waals surface area contributed by atoms with E-state index in [9.17, 15) is 22.8 Å². The Balaban J connectivity index is 1.48. The number of para-hydroxylation sites is 1. The molecule has 1 aliphatic carbocycles. The van der Waals surface area contributed by atoms with Crippen molar-refractivity contribution >= 4 is 35.1 Å². The summed E-state index contributed by atoms with van der Waals surface area (Å²) in [7, 11) is 0. The molecular formula is C27H26F3N3O2S2. The lowest BCUT2D eigenvalue weighted by molar-refractivity contribution is -0.137. The first-order valence-electron chi connectivity index (χ1n) is 12.1. The number of nitrogens with zero attached hydrogens (tertiary/aromatic N) is 2. The van der Waals surface area contributed by atoms with Crippen molar-refractivity contribution in [3.63, 3.8) is 0 Å². The smallest absolute Gasteiger partial charge is 0.325 e. The van der Waals surface area contributed by atoms with Gasteiger partial charge in [-0.15, -0.1) is 11.8 Å². The number of hydrogen-bond donors (Lipinski definition) is 1. The summed E-state index contributed by atoms with van der Waals surface area (Å²) in [5.74, 6) is -0.628. The normalized spacial score (nSPS) is 18.8. The molecule has 5 nitrogen and oxygen atoms in total. The molecule has 1 aromatic heterocycles. The summed E-state index contributed by atoms with van der Waals surface area (Å²) >= 11 is 2.69. The molecule has 2 atom stereocenters. The van der Waals surface area contributed by atoms with E-state index in [1.54, 1.807) is 16.3 Å². The van der Waals surface area contributed by atoms with Crippen LogP contribution in [0.15, 0.2) is 57.4 Å². The zero-order chi connectivity index (χ0) is 26.3. The quantitative estimate of drug-likeness (QED) is 0.219. The number of fused-ring (bicyclic) bond motifs is 3. The number of aryl methyl sites for hydroxylation is 2. The fraction of sp³-hybridized carbons (Fsp3) is 0.370. The number of alkyl halides is 3. The number of amides is 1. The maximum atomic E-state index is 13.9. The van der Waals surface area contributed by atoms with Crippen molar-refractivity contribution < 1.29 is 18.0 Å². The van der Waals surface area contributed by atoms with Gasteiger partial charge in [-0.2, -0.15) is 13.2 Å². The van der Waals surface area contributed by atoms with Gasteiger partial charge in [0.05, 0.1) is 28.3 Å². The first-order valence-corrected chi connectivity index (χ1v) is 14.0. The lowest BCUT2D eigenvalue weighted by atomic mass is 9.85. The van der Waals surface area contributed by atoms with Crippen LogP contribution in [0.5, 0.6) is 0 Å². The predicted molar refractivity (Wildman–Crippen MR) is 141 cm³/mol. The highest BCUT2D eigenvalue weighted by molar-refractivity contribution is 8.00. The second-order valence-electron chi connectivity index (χ2n) is 9.45. The summed E-state index contributed by atoms with van der Waals surface area (Å²) in [4.78, 5) is 31.4. The highest BCUT2D eigenvalue weighted by Gasteiger charge is 2.39. The minimum atomic E-state index is -4.59. The first kappa shape index (κ1) is 25.9. The summed E-state index contributed by atoms with van der Waals surface area (Å²) in [6.07, 6.45) is -0.369. The Kier molecular flexibility index (Phi) is 7.15. The second-order valence-corrected chi connectivity index (χ2v) is 11.6. The van der Waals surface area contributed by atoms with E-state index in [1.807, 2.05) is 32.0 Å². The molecule has 2 heterocycles.